The summed E-state index contributed by atoms with van der Waals surface area (Å²) in [7, 11) is -4.07. The molecule has 1 fully saturated rings. The maximum absolute atomic E-state index is 13.8. The van der Waals surface area contributed by atoms with Crippen LogP contribution in [-0.2, 0) is 10.0 Å². The molecule has 1 aliphatic carbocycles. The minimum Gasteiger partial charge on any atom is -0.226 e. The van der Waals surface area contributed by atoms with Crippen molar-refractivity contribution < 1.29 is 12.8 Å². The molecular formula is C8H16FNO2S. The summed E-state index contributed by atoms with van der Waals surface area (Å²) in [6.07, 6.45) is 4.13. The molecule has 1 rings (SSSR count). The second-order valence-corrected chi connectivity index (χ2v) is 5.75. The molecule has 5 heteroatoms. The molecule has 0 heterocycles. The van der Waals surface area contributed by atoms with Crippen molar-refractivity contribution >= 4 is 10.0 Å². The number of nitrogens with two attached hydrogens (primary N) is 1. The summed E-state index contributed by atoms with van der Waals surface area (Å²) < 4.78 is 35.7. The predicted molar refractivity (Wildman–Crippen MR) is 49.2 cm³/mol. The third-order valence-corrected chi connectivity index (χ3v) is 4.34. The lowest BCUT2D eigenvalue weighted by Gasteiger charge is -2.31. The Morgan fingerprint density at radius 3 is 2.15 bits per heavy atom. The lowest BCUT2D eigenvalue weighted by Crippen LogP contribution is -2.43. The molecule has 3 nitrogen and oxygen atoms in total. The molecule has 78 valence electrons. The molecule has 0 aliphatic heterocycles. The third kappa shape index (κ3) is 2.20. The molecule has 0 spiro atoms. The van der Waals surface area contributed by atoms with Crippen LogP contribution in [0, 0.1) is 5.92 Å². The molecule has 1 unspecified atom stereocenters. The van der Waals surface area contributed by atoms with Crippen molar-refractivity contribution in [1.82, 2.24) is 0 Å². The van der Waals surface area contributed by atoms with E-state index in [1.54, 1.807) is 0 Å². The van der Waals surface area contributed by atoms with E-state index in [4.69, 9.17) is 5.14 Å². The average Bonchev–Trinajstić information content (AvgIpc) is 2.04. The summed E-state index contributed by atoms with van der Waals surface area (Å²) in [6, 6.07) is 0. The summed E-state index contributed by atoms with van der Waals surface area (Å²) in [6.45, 7) is 1.08. The molecule has 1 atom stereocenters. The van der Waals surface area contributed by atoms with Crippen molar-refractivity contribution in [3.63, 3.8) is 0 Å². The van der Waals surface area contributed by atoms with E-state index in [1.165, 1.54) is 0 Å². The zero-order chi connectivity index (χ0) is 10.1. The largest absolute Gasteiger partial charge is 0.244 e. The van der Waals surface area contributed by atoms with Crippen molar-refractivity contribution in [2.45, 2.75) is 44.0 Å². The van der Waals surface area contributed by atoms with Gasteiger partial charge in [-0.15, -0.1) is 0 Å². The number of hydrogen-bond donors (Lipinski definition) is 1. The Hall–Kier alpha value is -0.160. The topological polar surface area (TPSA) is 60.2 Å². The molecule has 0 saturated heterocycles. The van der Waals surface area contributed by atoms with Gasteiger partial charge in [0.2, 0.25) is 15.0 Å². The van der Waals surface area contributed by atoms with Crippen molar-refractivity contribution in [1.29, 1.82) is 0 Å². The van der Waals surface area contributed by atoms with Crippen LogP contribution in [0.1, 0.15) is 39.0 Å². The van der Waals surface area contributed by atoms with Gasteiger partial charge in [0.15, 0.2) is 0 Å². The molecule has 0 aromatic rings. The maximum Gasteiger partial charge on any atom is 0.244 e. The zero-order valence-electron chi connectivity index (χ0n) is 7.79. The minimum atomic E-state index is -4.07. The SMILES string of the molecule is CC(F)(C1CCCCC1)S(N)(=O)=O. The Bertz CT molecular complexity index is 268. The normalized spacial score (nSPS) is 25.5. The first-order chi connectivity index (χ1) is 5.86. The van der Waals surface area contributed by atoms with Crippen LogP contribution in [0.2, 0.25) is 0 Å². The van der Waals surface area contributed by atoms with Crippen LogP contribution in [0.15, 0.2) is 0 Å². The van der Waals surface area contributed by atoms with Crippen molar-refractivity contribution in [2.75, 3.05) is 0 Å². The summed E-state index contributed by atoms with van der Waals surface area (Å²) in [5, 5.41) is 2.60. The summed E-state index contributed by atoms with van der Waals surface area (Å²) >= 11 is 0. The van der Waals surface area contributed by atoms with Gasteiger partial charge in [-0.2, -0.15) is 0 Å². The first-order valence-corrected chi connectivity index (χ1v) is 6.11. The van der Waals surface area contributed by atoms with Gasteiger partial charge >= 0.3 is 0 Å². The molecule has 0 radical (unpaired) electrons. The van der Waals surface area contributed by atoms with Gasteiger partial charge in [0, 0.05) is 5.92 Å². The van der Waals surface area contributed by atoms with E-state index in [2.05, 4.69) is 0 Å². The van der Waals surface area contributed by atoms with Gasteiger partial charge in [-0.1, -0.05) is 19.3 Å². The summed E-state index contributed by atoms with van der Waals surface area (Å²) in [4.78, 5) is 0. The van der Waals surface area contributed by atoms with Gasteiger partial charge in [-0.3, -0.25) is 0 Å². The number of primary sulfonamides is 1. The van der Waals surface area contributed by atoms with Crippen LogP contribution in [0.3, 0.4) is 0 Å². The van der Waals surface area contributed by atoms with Crippen LogP contribution < -0.4 is 5.14 Å². The second kappa shape index (κ2) is 3.53. The number of hydrogen-bond acceptors (Lipinski definition) is 2. The Kier molecular flexibility index (Phi) is 2.97. The van der Waals surface area contributed by atoms with Crippen LogP contribution >= 0.6 is 0 Å². The molecular weight excluding hydrogens is 193 g/mol. The van der Waals surface area contributed by atoms with E-state index in [0.717, 1.165) is 26.2 Å². The average molecular weight is 209 g/mol. The third-order valence-electron chi connectivity index (χ3n) is 2.89. The lowest BCUT2D eigenvalue weighted by atomic mass is 9.86. The summed E-state index contributed by atoms with van der Waals surface area (Å²) in [5.74, 6) is -0.420. The fourth-order valence-corrected chi connectivity index (χ4v) is 2.55. The number of halogens is 1. The van der Waals surface area contributed by atoms with Crippen LogP contribution in [0.5, 0.6) is 0 Å². The highest BCUT2D eigenvalue weighted by Gasteiger charge is 2.44. The Labute approximate surface area is 78.6 Å². The second-order valence-electron chi connectivity index (χ2n) is 3.87. The van der Waals surface area contributed by atoms with Gasteiger partial charge in [-0.05, 0) is 19.8 Å². The van der Waals surface area contributed by atoms with E-state index in [-0.39, 0.29) is 0 Å². The molecule has 1 aliphatic rings. The number of alkyl halides is 1. The highest BCUT2D eigenvalue weighted by atomic mass is 32.2. The van der Waals surface area contributed by atoms with Crippen molar-refractivity contribution in [3.05, 3.63) is 0 Å². The zero-order valence-corrected chi connectivity index (χ0v) is 8.61. The molecule has 2 N–H and O–H groups in total. The van der Waals surface area contributed by atoms with Crippen LogP contribution in [0.25, 0.3) is 0 Å². The van der Waals surface area contributed by atoms with E-state index < -0.39 is 20.9 Å². The highest BCUT2D eigenvalue weighted by Crippen LogP contribution is 2.37. The van der Waals surface area contributed by atoms with Crippen LogP contribution in [0.4, 0.5) is 4.39 Å². The van der Waals surface area contributed by atoms with Gasteiger partial charge in [0.1, 0.15) is 0 Å². The molecule has 1 saturated carbocycles. The number of rotatable bonds is 2. The van der Waals surface area contributed by atoms with E-state index in [0.29, 0.717) is 12.8 Å². The molecule has 0 aromatic carbocycles. The first kappa shape index (κ1) is 10.9. The van der Waals surface area contributed by atoms with Crippen molar-refractivity contribution in [2.24, 2.45) is 11.1 Å². The molecule has 0 bridgehead atoms. The van der Waals surface area contributed by atoms with Gasteiger partial charge < -0.3 is 0 Å². The maximum atomic E-state index is 13.8. The monoisotopic (exact) mass is 209 g/mol. The van der Waals surface area contributed by atoms with E-state index in [1.807, 2.05) is 0 Å². The highest BCUT2D eigenvalue weighted by molar-refractivity contribution is 7.90. The van der Waals surface area contributed by atoms with Gasteiger partial charge in [-0.25, -0.2) is 17.9 Å². The molecule has 13 heavy (non-hydrogen) atoms. The fourth-order valence-electron chi connectivity index (χ4n) is 1.85. The standard InChI is InChI=1S/C8H16FNO2S/c1-8(9,13(10,11)12)7-5-3-2-4-6-7/h7H,2-6H2,1H3,(H2,10,11,12). The van der Waals surface area contributed by atoms with Crippen molar-refractivity contribution in [3.8, 4) is 0 Å². The Balaban J connectivity index is 2.79. The number of sulfonamides is 1. The minimum absolute atomic E-state index is 0.420. The summed E-state index contributed by atoms with van der Waals surface area (Å²) in [5.41, 5.74) is 0. The van der Waals surface area contributed by atoms with E-state index in [9.17, 15) is 12.8 Å². The molecule has 0 amide bonds. The first-order valence-electron chi connectivity index (χ1n) is 4.57. The Morgan fingerprint density at radius 2 is 1.77 bits per heavy atom. The van der Waals surface area contributed by atoms with E-state index >= 15 is 0 Å². The quantitative estimate of drug-likeness (QED) is 0.750. The van der Waals surface area contributed by atoms with Gasteiger partial charge in [0.25, 0.3) is 0 Å². The smallest absolute Gasteiger partial charge is 0.226 e. The lowest BCUT2D eigenvalue weighted by molar-refractivity contribution is 0.153. The fraction of sp³-hybridized carbons (Fsp3) is 1.00. The van der Waals surface area contributed by atoms with Gasteiger partial charge in [0.05, 0.1) is 0 Å². The molecule has 0 aromatic heterocycles. The Morgan fingerprint density at radius 1 is 1.31 bits per heavy atom. The van der Waals surface area contributed by atoms with Crippen LogP contribution in [-0.4, -0.2) is 13.4 Å². The predicted octanol–water partition coefficient (Wildman–Crippen LogP) is 1.54.